The van der Waals surface area contributed by atoms with Crippen molar-refractivity contribution in [3.8, 4) is 11.4 Å². The molecule has 2 atom stereocenters. The normalized spacial score (nSPS) is 20.8. The number of pyridine rings is 2. The second kappa shape index (κ2) is 5.98. The minimum Gasteiger partial charge on any atom is -0.458 e. The standard InChI is InChI=1S/C22H20N2O5/c1-3-12-13-6-4-5-7-17(13)23-19-14(12)9-24-18(19)8-16-15(20(24)26)10-29-21(27)22(16,28)11(2)25/h4-8,11,25,28H,3,9-10H2,1-2H3. The van der Waals surface area contributed by atoms with Crippen molar-refractivity contribution >= 4 is 16.9 Å². The Morgan fingerprint density at radius 3 is 2.76 bits per heavy atom. The molecule has 2 N–H and O–H groups in total. The highest BCUT2D eigenvalue weighted by Crippen LogP contribution is 2.40. The summed E-state index contributed by atoms with van der Waals surface area (Å²) < 4.78 is 6.64. The van der Waals surface area contributed by atoms with E-state index in [1.54, 1.807) is 10.6 Å². The van der Waals surface area contributed by atoms with E-state index in [-0.39, 0.29) is 23.3 Å². The lowest BCUT2D eigenvalue weighted by molar-refractivity contribution is -0.184. The summed E-state index contributed by atoms with van der Waals surface area (Å²) in [5, 5.41) is 22.1. The fraction of sp³-hybridized carbons (Fsp3) is 0.318. The van der Waals surface area contributed by atoms with Gasteiger partial charge in [-0.1, -0.05) is 25.1 Å². The molecule has 0 amide bonds. The Kier molecular flexibility index (Phi) is 3.72. The number of carbonyl (C=O) groups is 1. The van der Waals surface area contributed by atoms with Gasteiger partial charge in [0.05, 0.1) is 35.1 Å². The monoisotopic (exact) mass is 392 g/mol. The summed E-state index contributed by atoms with van der Waals surface area (Å²) in [7, 11) is 0. The van der Waals surface area contributed by atoms with E-state index in [2.05, 4.69) is 6.92 Å². The van der Waals surface area contributed by atoms with E-state index in [4.69, 9.17) is 9.72 Å². The lowest BCUT2D eigenvalue weighted by Crippen LogP contribution is -2.51. The van der Waals surface area contributed by atoms with Gasteiger partial charge in [0.15, 0.2) is 0 Å². The molecule has 0 aliphatic carbocycles. The van der Waals surface area contributed by atoms with Crippen LogP contribution in [0, 0.1) is 0 Å². The topological polar surface area (TPSA) is 102 Å². The van der Waals surface area contributed by atoms with Crippen LogP contribution in [0.3, 0.4) is 0 Å². The SMILES string of the molecule is CCc1c2c(nc3ccccc13)-c1cc3c(c(=O)n1C2)COC(=O)C3(O)C(C)O. The van der Waals surface area contributed by atoms with E-state index in [0.717, 1.165) is 28.5 Å². The zero-order valence-corrected chi connectivity index (χ0v) is 16.1. The predicted molar refractivity (Wildman–Crippen MR) is 105 cm³/mol. The molecule has 3 aromatic rings. The summed E-state index contributed by atoms with van der Waals surface area (Å²) in [5.74, 6) is -0.955. The molecule has 2 unspecified atom stereocenters. The molecule has 1 aromatic carbocycles. The summed E-state index contributed by atoms with van der Waals surface area (Å²) in [6.45, 7) is 3.52. The number of esters is 1. The van der Waals surface area contributed by atoms with Crippen LogP contribution in [0.4, 0.5) is 0 Å². The number of para-hydroxylation sites is 1. The largest absolute Gasteiger partial charge is 0.458 e. The molecule has 0 spiro atoms. The molecule has 0 bridgehead atoms. The van der Waals surface area contributed by atoms with Gasteiger partial charge in [0.2, 0.25) is 5.60 Å². The zero-order chi connectivity index (χ0) is 20.5. The van der Waals surface area contributed by atoms with Crippen LogP contribution in [0.1, 0.15) is 36.1 Å². The number of carbonyl (C=O) groups excluding carboxylic acids is 1. The van der Waals surface area contributed by atoms with E-state index < -0.39 is 17.7 Å². The van der Waals surface area contributed by atoms with Gasteiger partial charge >= 0.3 is 5.97 Å². The molecule has 29 heavy (non-hydrogen) atoms. The lowest BCUT2D eigenvalue weighted by Gasteiger charge is -2.34. The van der Waals surface area contributed by atoms with E-state index in [9.17, 15) is 19.8 Å². The molecule has 2 aliphatic rings. The number of rotatable bonds is 2. The average Bonchev–Trinajstić information content (AvgIpc) is 3.08. The molecule has 0 saturated carbocycles. The molecular weight excluding hydrogens is 372 g/mol. The number of cyclic esters (lactones) is 1. The van der Waals surface area contributed by atoms with Gasteiger partial charge in [-0.15, -0.1) is 0 Å². The first kappa shape index (κ1) is 18.0. The number of aliphatic hydroxyl groups is 2. The minimum absolute atomic E-state index is 0.0980. The van der Waals surface area contributed by atoms with Gasteiger partial charge < -0.3 is 19.5 Å². The van der Waals surface area contributed by atoms with Gasteiger partial charge in [-0.25, -0.2) is 9.78 Å². The third kappa shape index (κ3) is 2.22. The summed E-state index contributed by atoms with van der Waals surface area (Å²) in [4.78, 5) is 30.3. The molecule has 7 heteroatoms. The van der Waals surface area contributed by atoms with Gasteiger partial charge in [-0.05, 0) is 31.0 Å². The summed E-state index contributed by atoms with van der Waals surface area (Å²) in [5.41, 5.74) is 1.80. The highest BCUT2D eigenvalue weighted by atomic mass is 16.6. The quantitative estimate of drug-likeness (QED) is 0.503. The van der Waals surface area contributed by atoms with Gasteiger partial charge in [0.25, 0.3) is 5.56 Å². The number of fused-ring (bicyclic) bond motifs is 5. The van der Waals surface area contributed by atoms with Gasteiger partial charge in [0, 0.05) is 16.5 Å². The van der Waals surface area contributed by atoms with Crippen molar-refractivity contribution in [2.45, 2.75) is 45.1 Å². The molecule has 0 saturated heterocycles. The van der Waals surface area contributed by atoms with Crippen LogP contribution in [-0.4, -0.2) is 31.8 Å². The minimum atomic E-state index is -2.28. The number of hydrogen-bond donors (Lipinski definition) is 2. The second-order valence-corrected chi connectivity index (χ2v) is 7.62. The number of aliphatic hydroxyl groups excluding tert-OH is 1. The molecule has 4 heterocycles. The number of nitrogens with zero attached hydrogens (tertiary/aromatic N) is 2. The van der Waals surface area contributed by atoms with E-state index in [1.165, 1.54) is 6.92 Å². The van der Waals surface area contributed by atoms with Crippen LogP contribution in [0.5, 0.6) is 0 Å². The first-order chi connectivity index (χ1) is 13.9. The molecule has 5 rings (SSSR count). The van der Waals surface area contributed by atoms with E-state index in [0.29, 0.717) is 17.9 Å². The maximum atomic E-state index is 13.2. The third-order valence-corrected chi connectivity index (χ3v) is 6.10. The summed E-state index contributed by atoms with van der Waals surface area (Å²) >= 11 is 0. The molecule has 0 fully saturated rings. The van der Waals surface area contributed by atoms with Crippen molar-refractivity contribution in [3.63, 3.8) is 0 Å². The van der Waals surface area contributed by atoms with Crippen molar-refractivity contribution in [1.29, 1.82) is 0 Å². The zero-order valence-electron chi connectivity index (χ0n) is 16.1. The summed E-state index contributed by atoms with van der Waals surface area (Å²) in [6.07, 6.45) is -0.652. The number of hydrogen-bond acceptors (Lipinski definition) is 6. The van der Waals surface area contributed by atoms with E-state index >= 15 is 0 Å². The highest BCUT2D eigenvalue weighted by Gasteiger charge is 2.50. The Balaban J connectivity index is 1.85. The van der Waals surface area contributed by atoms with Crippen LogP contribution in [0.15, 0.2) is 35.1 Å². The third-order valence-electron chi connectivity index (χ3n) is 6.10. The molecule has 2 aromatic heterocycles. The van der Waals surface area contributed by atoms with Crippen molar-refractivity contribution in [3.05, 3.63) is 62.9 Å². The Morgan fingerprint density at radius 1 is 1.28 bits per heavy atom. The number of aryl methyl sites for hydroxylation is 1. The first-order valence-corrected chi connectivity index (χ1v) is 9.63. The van der Waals surface area contributed by atoms with Crippen LogP contribution in [-0.2, 0) is 34.7 Å². The molecule has 2 aliphatic heterocycles. The Labute approximate surface area is 166 Å². The fourth-order valence-corrected chi connectivity index (χ4v) is 4.54. The van der Waals surface area contributed by atoms with Crippen molar-refractivity contribution in [2.75, 3.05) is 0 Å². The maximum absolute atomic E-state index is 13.2. The molecule has 7 nitrogen and oxygen atoms in total. The maximum Gasteiger partial charge on any atom is 0.345 e. The molecule has 0 radical (unpaired) electrons. The van der Waals surface area contributed by atoms with Crippen LogP contribution in [0.2, 0.25) is 0 Å². The number of benzene rings is 1. The molecule has 148 valence electrons. The van der Waals surface area contributed by atoms with Crippen molar-refractivity contribution in [1.82, 2.24) is 9.55 Å². The van der Waals surface area contributed by atoms with Crippen LogP contribution in [0.25, 0.3) is 22.3 Å². The Morgan fingerprint density at radius 2 is 2.03 bits per heavy atom. The first-order valence-electron chi connectivity index (χ1n) is 9.63. The lowest BCUT2D eigenvalue weighted by atomic mass is 9.84. The fourth-order valence-electron chi connectivity index (χ4n) is 4.54. The Hall–Kier alpha value is -3.03. The van der Waals surface area contributed by atoms with Crippen molar-refractivity contribution < 1.29 is 19.7 Å². The van der Waals surface area contributed by atoms with Crippen LogP contribution < -0.4 is 5.56 Å². The predicted octanol–water partition coefficient (Wildman–Crippen LogP) is 1.61. The van der Waals surface area contributed by atoms with Crippen molar-refractivity contribution in [2.24, 2.45) is 0 Å². The second-order valence-electron chi connectivity index (χ2n) is 7.62. The summed E-state index contributed by atoms with van der Waals surface area (Å²) in [6, 6.07) is 9.44. The van der Waals surface area contributed by atoms with Gasteiger partial charge in [-0.3, -0.25) is 4.79 Å². The molecular formula is C22H20N2O5. The Bertz CT molecular complexity index is 1260. The van der Waals surface area contributed by atoms with Crippen LogP contribution >= 0.6 is 0 Å². The van der Waals surface area contributed by atoms with Gasteiger partial charge in [0.1, 0.15) is 6.61 Å². The number of ether oxygens (including phenoxy) is 1. The smallest absolute Gasteiger partial charge is 0.345 e. The highest BCUT2D eigenvalue weighted by molar-refractivity contribution is 5.89. The average molecular weight is 392 g/mol. The van der Waals surface area contributed by atoms with E-state index in [1.807, 2.05) is 24.3 Å². The number of aromatic nitrogens is 2. The van der Waals surface area contributed by atoms with Gasteiger partial charge in [-0.2, -0.15) is 0 Å².